The average Bonchev–Trinajstić information content (AvgIpc) is 3.28. The van der Waals surface area contributed by atoms with Gasteiger partial charge in [0.1, 0.15) is 46.0 Å². The number of thioether (sulfide) groups is 2. The number of fused-ring (bicyclic) bond motifs is 8. The topological polar surface area (TPSA) is 73.8 Å². The van der Waals surface area contributed by atoms with Crippen molar-refractivity contribution < 1.29 is 37.9 Å². The standard InChI is InChI=1S/C50H68O8S2/c1-15-19-29-33-23-34(42(52-6)27-41(33)51-5)30(20-16-2)39-26-40(48(58-12)50(60-14)47(39)57-11)32(22-18-4)36-24-35(43(53-7)28-44(36)54-8)31(21-17-3)38-25-37(29)45(55-9)49(59-13)46(38)56-10/h23-32H,15-22H2,1-14H3/t29-,30+,31+,32-. The van der Waals surface area contributed by atoms with Gasteiger partial charge in [0.25, 0.3) is 0 Å². The SMILES string of the molecule is CCC[C@@H]1c2cc(c(OC)cc2OC)[C@H](CCC)c2cc(c(OC)c(SC)c2OC)[C@H](CCC)c2cc(c(OC)cc2OC)[C@H](CCC)c2cc1c(OC)c(SC)c2OC. The molecule has 0 N–H and O–H groups in total. The van der Waals surface area contributed by atoms with E-state index in [0.29, 0.717) is 0 Å². The van der Waals surface area contributed by atoms with Crippen molar-refractivity contribution in [3.8, 4) is 46.0 Å². The van der Waals surface area contributed by atoms with Crippen molar-refractivity contribution in [1.29, 1.82) is 0 Å². The lowest BCUT2D eigenvalue weighted by Gasteiger charge is -2.32. The van der Waals surface area contributed by atoms with Crippen molar-refractivity contribution >= 4 is 23.5 Å². The minimum absolute atomic E-state index is 0.0880. The summed E-state index contributed by atoms with van der Waals surface area (Å²) in [7, 11) is 14.1. The van der Waals surface area contributed by atoms with Crippen molar-refractivity contribution in [2.75, 3.05) is 69.4 Å². The first kappa shape index (κ1) is 47.0. The molecule has 1 aliphatic carbocycles. The van der Waals surface area contributed by atoms with Crippen molar-refractivity contribution in [2.45, 2.75) is 113 Å². The van der Waals surface area contributed by atoms with Crippen LogP contribution in [0.1, 0.15) is 147 Å². The maximum atomic E-state index is 6.45. The molecular formula is C50H68O8S2. The molecule has 0 amide bonds. The molecule has 328 valence electrons. The molecule has 8 bridgehead atoms. The molecule has 0 aromatic heterocycles. The van der Waals surface area contributed by atoms with Crippen LogP contribution in [0.2, 0.25) is 0 Å². The Morgan fingerprint density at radius 3 is 0.717 bits per heavy atom. The van der Waals surface area contributed by atoms with E-state index in [4.69, 9.17) is 37.9 Å². The smallest absolute Gasteiger partial charge is 0.140 e. The number of rotatable bonds is 18. The first-order chi connectivity index (χ1) is 29.2. The van der Waals surface area contributed by atoms with Gasteiger partial charge in [0, 0.05) is 80.3 Å². The van der Waals surface area contributed by atoms with Crippen LogP contribution in [0.15, 0.2) is 46.2 Å². The zero-order valence-electron chi connectivity index (χ0n) is 38.5. The zero-order chi connectivity index (χ0) is 43.7. The molecule has 0 saturated heterocycles. The normalized spacial score (nSPS) is 17.2. The second-order valence-electron chi connectivity index (χ2n) is 15.3. The molecule has 10 heteroatoms. The van der Waals surface area contributed by atoms with E-state index in [1.165, 1.54) is 0 Å². The van der Waals surface area contributed by atoms with E-state index in [9.17, 15) is 0 Å². The molecule has 5 rings (SSSR count). The fourth-order valence-corrected chi connectivity index (χ4v) is 11.2. The summed E-state index contributed by atoms with van der Waals surface area (Å²) >= 11 is 3.31. The largest absolute Gasteiger partial charge is 0.496 e. The molecule has 0 heterocycles. The highest BCUT2D eigenvalue weighted by Crippen LogP contribution is 2.56. The third-order valence-electron chi connectivity index (χ3n) is 12.2. The van der Waals surface area contributed by atoms with Crippen molar-refractivity contribution in [1.82, 2.24) is 0 Å². The van der Waals surface area contributed by atoms with E-state index >= 15 is 0 Å². The van der Waals surface area contributed by atoms with Crippen LogP contribution < -0.4 is 37.9 Å². The van der Waals surface area contributed by atoms with Crippen LogP contribution in [-0.2, 0) is 0 Å². The molecule has 0 aliphatic heterocycles. The Morgan fingerprint density at radius 2 is 0.550 bits per heavy atom. The quantitative estimate of drug-likeness (QED) is 0.0903. The van der Waals surface area contributed by atoms with Gasteiger partial charge in [0.15, 0.2) is 0 Å². The molecule has 8 nitrogen and oxygen atoms in total. The Kier molecular flexibility index (Phi) is 17.0. The fourth-order valence-electron chi connectivity index (χ4n) is 9.63. The van der Waals surface area contributed by atoms with Gasteiger partial charge in [0.2, 0.25) is 0 Å². The van der Waals surface area contributed by atoms with Gasteiger partial charge in [-0.1, -0.05) is 53.4 Å². The van der Waals surface area contributed by atoms with E-state index in [2.05, 4.69) is 76.6 Å². The molecule has 4 atom stereocenters. The van der Waals surface area contributed by atoms with Crippen molar-refractivity contribution in [3.05, 3.63) is 80.9 Å². The van der Waals surface area contributed by atoms with Gasteiger partial charge in [-0.25, -0.2) is 0 Å². The molecule has 0 fully saturated rings. The van der Waals surface area contributed by atoms with Crippen molar-refractivity contribution in [3.63, 3.8) is 0 Å². The Labute approximate surface area is 368 Å². The average molecular weight is 861 g/mol. The Morgan fingerprint density at radius 1 is 0.333 bits per heavy atom. The minimum Gasteiger partial charge on any atom is -0.496 e. The first-order valence-electron chi connectivity index (χ1n) is 21.4. The number of hydrogen-bond donors (Lipinski definition) is 0. The lowest BCUT2D eigenvalue weighted by atomic mass is 9.76. The third kappa shape index (κ3) is 8.70. The molecule has 0 radical (unpaired) electrons. The Hall–Kier alpha value is -4.02. The van der Waals surface area contributed by atoms with Gasteiger partial charge in [-0.15, -0.1) is 23.5 Å². The summed E-state index contributed by atoms with van der Waals surface area (Å²) in [5.74, 6) is 6.02. The Bertz CT molecular complexity index is 1810. The molecule has 4 aromatic rings. The minimum atomic E-state index is -0.0880. The summed E-state index contributed by atoms with van der Waals surface area (Å²) < 4.78 is 51.0. The summed E-state index contributed by atoms with van der Waals surface area (Å²) in [6.07, 6.45) is 11.4. The lowest BCUT2D eigenvalue weighted by molar-refractivity contribution is 0.361. The highest BCUT2D eigenvalue weighted by Gasteiger charge is 2.36. The molecular weight excluding hydrogens is 793 g/mol. The van der Waals surface area contributed by atoms with Gasteiger partial charge < -0.3 is 37.9 Å². The van der Waals surface area contributed by atoms with Gasteiger partial charge in [-0.05, 0) is 62.5 Å². The van der Waals surface area contributed by atoms with Crippen molar-refractivity contribution in [2.24, 2.45) is 0 Å². The lowest BCUT2D eigenvalue weighted by Crippen LogP contribution is -2.15. The number of benzene rings is 4. The number of methoxy groups -OCH3 is 8. The summed E-state index contributed by atoms with van der Waals surface area (Å²) in [4.78, 5) is 1.94. The van der Waals surface area contributed by atoms with Crippen LogP contribution in [0.4, 0.5) is 0 Å². The van der Waals surface area contributed by atoms with Gasteiger partial charge in [0.05, 0.1) is 66.7 Å². The fraction of sp³-hybridized carbons (Fsp3) is 0.520. The molecule has 0 spiro atoms. The molecule has 0 unspecified atom stereocenters. The van der Waals surface area contributed by atoms with E-state index in [-0.39, 0.29) is 23.7 Å². The maximum Gasteiger partial charge on any atom is 0.140 e. The maximum absolute atomic E-state index is 6.45. The summed E-state index contributed by atoms with van der Waals surface area (Å²) in [5, 5.41) is 0. The second-order valence-corrected chi connectivity index (χ2v) is 17.0. The highest BCUT2D eigenvalue weighted by molar-refractivity contribution is 7.99. The number of ether oxygens (including phenoxy) is 8. The molecule has 4 aromatic carbocycles. The van der Waals surface area contributed by atoms with E-state index in [0.717, 1.165) is 152 Å². The zero-order valence-corrected chi connectivity index (χ0v) is 40.1. The number of hydrogen-bond acceptors (Lipinski definition) is 10. The van der Waals surface area contributed by atoms with E-state index in [1.807, 2.05) is 0 Å². The summed E-state index contributed by atoms with van der Waals surface area (Å²) in [6, 6.07) is 13.6. The van der Waals surface area contributed by atoms with Crippen LogP contribution in [0.5, 0.6) is 46.0 Å². The van der Waals surface area contributed by atoms with Crippen LogP contribution in [-0.4, -0.2) is 69.4 Å². The predicted octanol–water partition coefficient (Wildman–Crippen LogP) is 13.2. The van der Waals surface area contributed by atoms with Crippen LogP contribution >= 0.6 is 23.5 Å². The van der Waals surface area contributed by atoms with Gasteiger partial charge in [-0.2, -0.15) is 0 Å². The summed E-state index contributed by atoms with van der Waals surface area (Å²) in [6.45, 7) is 8.97. The Balaban J connectivity index is 2.15. The molecule has 60 heavy (non-hydrogen) atoms. The summed E-state index contributed by atoms with van der Waals surface area (Å²) in [5.41, 5.74) is 8.73. The van der Waals surface area contributed by atoms with Gasteiger partial charge in [-0.3, -0.25) is 0 Å². The van der Waals surface area contributed by atoms with Crippen LogP contribution in [0.3, 0.4) is 0 Å². The molecule has 0 saturated carbocycles. The second kappa shape index (κ2) is 21.7. The van der Waals surface area contributed by atoms with E-state index < -0.39 is 0 Å². The predicted molar refractivity (Wildman–Crippen MR) is 249 cm³/mol. The highest BCUT2D eigenvalue weighted by atomic mass is 32.2. The van der Waals surface area contributed by atoms with Gasteiger partial charge >= 0.3 is 0 Å². The first-order valence-corrected chi connectivity index (χ1v) is 23.8. The van der Waals surface area contributed by atoms with Crippen LogP contribution in [0, 0.1) is 0 Å². The monoisotopic (exact) mass is 860 g/mol. The van der Waals surface area contributed by atoms with E-state index in [1.54, 1.807) is 80.4 Å². The molecule has 1 aliphatic rings. The third-order valence-corrected chi connectivity index (χ3v) is 13.8. The van der Waals surface area contributed by atoms with Crippen LogP contribution in [0.25, 0.3) is 0 Å².